The van der Waals surface area contributed by atoms with Crippen LogP contribution in [-0.2, 0) is 6.42 Å². The molecule has 3 rings (SSSR count). The van der Waals surface area contributed by atoms with E-state index < -0.39 is 0 Å². The van der Waals surface area contributed by atoms with Crippen LogP contribution in [0.3, 0.4) is 0 Å². The number of nitrogens with two attached hydrogens (primary N) is 1. The quantitative estimate of drug-likeness (QED) is 0.393. The third-order valence-electron chi connectivity index (χ3n) is 3.45. The fraction of sp³-hybridized carbons (Fsp3) is 0.0588. The minimum Gasteiger partial charge on any atom is -0.508 e. The summed E-state index contributed by atoms with van der Waals surface area (Å²) in [7, 11) is 0. The van der Waals surface area contributed by atoms with Crippen molar-refractivity contribution in [3.63, 3.8) is 0 Å². The molecule has 2 aromatic carbocycles. The van der Waals surface area contributed by atoms with Gasteiger partial charge < -0.3 is 16.1 Å². The maximum absolute atomic E-state index is 9.93. The molecule has 0 spiro atoms. The Morgan fingerprint density at radius 1 is 1.05 bits per heavy atom. The van der Waals surface area contributed by atoms with E-state index in [2.05, 4.69) is 10.1 Å². The maximum atomic E-state index is 9.93. The summed E-state index contributed by atoms with van der Waals surface area (Å²) < 4.78 is 0. The van der Waals surface area contributed by atoms with Crippen LogP contribution in [0, 0.1) is 0 Å². The molecule has 110 valence electrons. The number of phenols is 2. The Morgan fingerprint density at radius 3 is 2.64 bits per heavy atom. The van der Waals surface area contributed by atoms with Crippen molar-refractivity contribution in [2.75, 3.05) is 0 Å². The maximum Gasteiger partial charge on any atom is 0.128 e. The largest absolute Gasteiger partial charge is 0.508 e. The van der Waals surface area contributed by atoms with Gasteiger partial charge in [-0.15, -0.1) is 0 Å². The lowest BCUT2D eigenvalue weighted by molar-refractivity contribution is 0.450. The minimum atomic E-state index is -0.0648. The highest BCUT2D eigenvalue weighted by Gasteiger charge is 2.12. The lowest BCUT2D eigenvalue weighted by Crippen LogP contribution is -2.09. The summed E-state index contributed by atoms with van der Waals surface area (Å²) in [5.41, 5.74) is 2.68. The molecule has 0 radical (unpaired) electrons. The van der Waals surface area contributed by atoms with E-state index in [4.69, 9.17) is 5.84 Å². The van der Waals surface area contributed by atoms with Gasteiger partial charge in [0.15, 0.2) is 0 Å². The zero-order chi connectivity index (χ0) is 15.5. The van der Waals surface area contributed by atoms with Gasteiger partial charge in [0.05, 0.1) is 11.2 Å². The highest BCUT2D eigenvalue weighted by atomic mass is 16.3. The van der Waals surface area contributed by atoms with Crippen molar-refractivity contribution < 1.29 is 10.2 Å². The van der Waals surface area contributed by atoms with E-state index in [9.17, 15) is 10.2 Å². The molecule has 0 aliphatic carbocycles. The predicted octanol–water partition coefficient (Wildman–Crippen LogP) is 2.55. The fourth-order valence-corrected chi connectivity index (χ4v) is 2.35. The summed E-state index contributed by atoms with van der Waals surface area (Å²) in [6, 6.07) is 16.0. The molecule has 3 aromatic rings. The average molecular weight is 293 g/mol. The van der Waals surface area contributed by atoms with Gasteiger partial charge in [0.2, 0.25) is 0 Å². The Hall–Kier alpha value is -3.08. The number of hydrazone groups is 1. The molecule has 0 saturated heterocycles. The van der Waals surface area contributed by atoms with Crippen LogP contribution in [0.4, 0.5) is 0 Å². The molecule has 4 N–H and O–H groups in total. The molecule has 0 amide bonds. The second-order valence-corrected chi connectivity index (χ2v) is 4.95. The molecule has 0 aliphatic rings. The molecular weight excluding hydrogens is 278 g/mol. The first-order valence-corrected chi connectivity index (χ1v) is 6.81. The van der Waals surface area contributed by atoms with Gasteiger partial charge in [-0.25, -0.2) is 0 Å². The lowest BCUT2D eigenvalue weighted by Gasteiger charge is -2.08. The predicted molar refractivity (Wildman–Crippen MR) is 85.9 cm³/mol. The Morgan fingerprint density at radius 2 is 1.86 bits per heavy atom. The zero-order valence-corrected chi connectivity index (χ0v) is 11.8. The molecule has 22 heavy (non-hydrogen) atoms. The summed E-state index contributed by atoms with van der Waals surface area (Å²) >= 11 is 0. The van der Waals surface area contributed by atoms with Crippen molar-refractivity contribution in [1.82, 2.24) is 4.98 Å². The molecule has 0 atom stereocenters. The Bertz CT molecular complexity index is 859. The van der Waals surface area contributed by atoms with Crippen LogP contribution in [0.1, 0.15) is 11.3 Å². The van der Waals surface area contributed by atoms with Gasteiger partial charge in [-0.3, -0.25) is 4.98 Å². The fourth-order valence-electron chi connectivity index (χ4n) is 2.35. The van der Waals surface area contributed by atoms with Crippen LogP contribution in [0.25, 0.3) is 10.9 Å². The lowest BCUT2D eigenvalue weighted by atomic mass is 10.0. The van der Waals surface area contributed by atoms with E-state index in [-0.39, 0.29) is 11.5 Å². The first-order valence-electron chi connectivity index (χ1n) is 6.81. The number of hydrogen-bond donors (Lipinski definition) is 3. The SMILES string of the molecule is NN=C(Cc1ccc2ccccc2n1)c1ccc(O)cc1O. The summed E-state index contributed by atoms with van der Waals surface area (Å²) in [5, 5.41) is 24.1. The molecule has 0 unspecified atom stereocenters. The van der Waals surface area contributed by atoms with Crippen molar-refractivity contribution in [3.8, 4) is 11.5 Å². The van der Waals surface area contributed by atoms with Crippen molar-refractivity contribution in [2.45, 2.75) is 6.42 Å². The van der Waals surface area contributed by atoms with Crippen LogP contribution >= 0.6 is 0 Å². The van der Waals surface area contributed by atoms with Crippen LogP contribution in [-0.4, -0.2) is 20.9 Å². The Labute approximate surface area is 127 Å². The number of hydrogen-bond acceptors (Lipinski definition) is 5. The van der Waals surface area contributed by atoms with E-state index in [1.807, 2.05) is 36.4 Å². The van der Waals surface area contributed by atoms with Gasteiger partial charge in [-0.1, -0.05) is 24.3 Å². The van der Waals surface area contributed by atoms with E-state index >= 15 is 0 Å². The van der Waals surface area contributed by atoms with Crippen molar-refractivity contribution in [1.29, 1.82) is 0 Å². The summed E-state index contributed by atoms with van der Waals surface area (Å²) in [6.45, 7) is 0. The minimum absolute atomic E-state index is 0.0125. The number of rotatable bonds is 3. The van der Waals surface area contributed by atoms with Crippen molar-refractivity contribution >= 4 is 16.6 Å². The number of pyridine rings is 1. The number of benzene rings is 2. The van der Waals surface area contributed by atoms with Gasteiger partial charge in [0.1, 0.15) is 11.5 Å². The number of nitrogens with zero attached hydrogens (tertiary/aromatic N) is 2. The van der Waals surface area contributed by atoms with Gasteiger partial charge in [-0.05, 0) is 24.3 Å². The third kappa shape index (κ3) is 2.69. The molecule has 5 nitrogen and oxygen atoms in total. The Balaban J connectivity index is 1.94. The van der Waals surface area contributed by atoms with E-state index in [1.54, 1.807) is 6.07 Å². The van der Waals surface area contributed by atoms with E-state index in [0.29, 0.717) is 17.7 Å². The monoisotopic (exact) mass is 293 g/mol. The molecule has 1 heterocycles. The third-order valence-corrected chi connectivity index (χ3v) is 3.45. The molecule has 0 fully saturated rings. The van der Waals surface area contributed by atoms with Crippen LogP contribution in [0.2, 0.25) is 0 Å². The number of para-hydroxylation sites is 1. The summed E-state index contributed by atoms with van der Waals surface area (Å²) in [5.74, 6) is 5.38. The molecule has 0 bridgehead atoms. The van der Waals surface area contributed by atoms with Gasteiger partial charge in [0, 0.05) is 29.1 Å². The number of aromatic hydroxyl groups is 2. The first kappa shape index (κ1) is 13.9. The summed E-state index contributed by atoms with van der Waals surface area (Å²) in [4.78, 5) is 4.57. The second kappa shape index (κ2) is 5.73. The zero-order valence-electron chi connectivity index (χ0n) is 11.8. The molecule has 5 heteroatoms. The van der Waals surface area contributed by atoms with Crippen molar-refractivity contribution in [2.24, 2.45) is 10.9 Å². The highest BCUT2D eigenvalue weighted by Crippen LogP contribution is 2.24. The highest BCUT2D eigenvalue weighted by molar-refractivity contribution is 6.04. The number of phenolic OH excluding ortho intramolecular Hbond substituents is 2. The molecular formula is C17H15N3O2. The first-order chi connectivity index (χ1) is 10.7. The summed E-state index contributed by atoms with van der Waals surface area (Å²) in [6.07, 6.45) is 0.389. The van der Waals surface area contributed by atoms with Crippen LogP contribution in [0.5, 0.6) is 11.5 Å². The molecule has 0 saturated carbocycles. The topological polar surface area (TPSA) is 91.7 Å². The average Bonchev–Trinajstić information content (AvgIpc) is 2.53. The van der Waals surface area contributed by atoms with E-state index in [0.717, 1.165) is 16.6 Å². The van der Waals surface area contributed by atoms with Gasteiger partial charge in [-0.2, -0.15) is 5.10 Å². The molecule has 0 aliphatic heterocycles. The van der Waals surface area contributed by atoms with Crippen LogP contribution < -0.4 is 5.84 Å². The van der Waals surface area contributed by atoms with Gasteiger partial charge in [0.25, 0.3) is 0 Å². The molecule has 1 aromatic heterocycles. The number of fused-ring (bicyclic) bond motifs is 1. The van der Waals surface area contributed by atoms with E-state index in [1.165, 1.54) is 12.1 Å². The van der Waals surface area contributed by atoms with Crippen molar-refractivity contribution in [3.05, 3.63) is 65.9 Å². The normalized spacial score (nSPS) is 11.7. The van der Waals surface area contributed by atoms with Gasteiger partial charge >= 0.3 is 0 Å². The van der Waals surface area contributed by atoms with Crippen LogP contribution in [0.15, 0.2) is 59.7 Å². The standard InChI is InChI=1S/C17H15N3O2/c18-20-16(14-8-7-13(21)10-17(14)22)9-12-6-5-11-3-1-2-4-15(11)19-12/h1-8,10,21-22H,9,18H2. The smallest absolute Gasteiger partial charge is 0.128 e. The second-order valence-electron chi connectivity index (χ2n) is 4.95. The Kier molecular flexibility index (Phi) is 3.62. The number of aromatic nitrogens is 1.